The molecule has 17 rings (SSSR count). The van der Waals surface area contributed by atoms with Crippen molar-refractivity contribution in [3.05, 3.63) is 330 Å². The molecule has 8 heterocycles. The second-order valence-corrected chi connectivity index (χ2v) is 30.5. The van der Waals surface area contributed by atoms with Crippen molar-refractivity contribution in [3.63, 3.8) is 0 Å². The number of H-pyrrole nitrogens is 2. The molecule has 27 heteroatoms. The Morgan fingerprint density at radius 1 is 0.568 bits per heavy atom. The number of rotatable bonds is 9. The third-order valence-electron chi connectivity index (χ3n) is 19.0. The van der Waals surface area contributed by atoms with E-state index in [1.165, 1.54) is 104 Å². The number of hydrazine groups is 1. The zero-order valence-electron chi connectivity index (χ0n) is 68.3. The largest absolute Gasteiger partial charge is 0.416 e. The van der Waals surface area contributed by atoms with Gasteiger partial charge in [-0.05, 0) is 328 Å². The number of piperidine rings is 2. The molecule has 3 aliphatic rings. The number of carbonyl (C=O) groups is 2. The first-order chi connectivity index (χ1) is 60.5. The fourth-order valence-electron chi connectivity index (χ4n) is 12.6. The number of aryl methyl sites for hydroxylation is 2. The van der Waals surface area contributed by atoms with Crippen molar-refractivity contribution in [1.82, 2.24) is 34.7 Å². The predicted octanol–water partition coefficient (Wildman–Crippen LogP) is 23.0. The summed E-state index contributed by atoms with van der Waals surface area (Å²) in [7, 11) is 0. The first-order valence-electron chi connectivity index (χ1n) is 40.0. The van der Waals surface area contributed by atoms with Crippen LogP contribution in [0.15, 0.2) is 255 Å². The lowest BCUT2D eigenvalue weighted by atomic mass is 10.0. The number of hydrogen-bond acceptors (Lipinski definition) is 14. The summed E-state index contributed by atoms with van der Waals surface area (Å²) < 4.78 is 74.8. The number of alkyl halides is 6. The topological polar surface area (TPSA) is 261 Å². The Kier molecular flexibility index (Phi) is 41.8. The lowest BCUT2D eigenvalue weighted by molar-refractivity contribution is -0.138. The quantitative estimate of drug-likeness (QED) is 0.00769. The highest BCUT2D eigenvalue weighted by molar-refractivity contribution is 14.1. The number of nitrogens with zero attached hydrogens (tertiary/aromatic N) is 7. The van der Waals surface area contributed by atoms with Crippen LogP contribution < -0.4 is 28.1 Å². The Labute approximate surface area is 752 Å². The zero-order chi connectivity index (χ0) is 89.6. The van der Waals surface area contributed by atoms with Crippen molar-refractivity contribution >= 4 is 153 Å². The monoisotopic (exact) mass is 1860 g/mol. The van der Waals surface area contributed by atoms with Gasteiger partial charge in [0.15, 0.2) is 18.3 Å². The Morgan fingerprint density at radius 3 is 1.62 bits per heavy atom. The highest BCUT2D eigenvalue weighted by atomic mass is 127. The summed E-state index contributed by atoms with van der Waals surface area (Å²) in [5, 5.41) is 27.4. The van der Waals surface area contributed by atoms with Crippen molar-refractivity contribution in [2.45, 2.75) is 76.6 Å². The maximum atomic E-state index is 12.3. The van der Waals surface area contributed by atoms with Crippen LogP contribution in [0.4, 0.5) is 49.1 Å². The minimum absolute atomic E-state index is 0.0182. The van der Waals surface area contributed by atoms with Gasteiger partial charge in [0.05, 0.1) is 65.6 Å². The number of nitriles is 1. The van der Waals surface area contributed by atoms with Crippen LogP contribution in [0, 0.1) is 45.2 Å². The van der Waals surface area contributed by atoms with E-state index in [-0.39, 0.29) is 19.2 Å². The van der Waals surface area contributed by atoms with Crippen LogP contribution in [0.2, 0.25) is 15.1 Å². The minimum Gasteiger partial charge on any atom is -0.398 e. The molecule has 11 N–H and O–H groups in total. The average molecular weight is 1860 g/mol. The molecular weight excluding hydrogens is 1770 g/mol. The Hall–Kier alpha value is -12.2. The molecule has 9 aromatic carbocycles. The predicted molar refractivity (Wildman–Crippen MR) is 505 cm³/mol. The molecule has 0 radical (unpaired) electrons. The molecule has 0 aliphatic carbocycles. The van der Waals surface area contributed by atoms with E-state index >= 15 is 0 Å². The van der Waals surface area contributed by atoms with Gasteiger partial charge in [-0.3, -0.25) is 40.2 Å². The van der Waals surface area contributed by atoms with E-state index < -0.39 is 23.5 Å². The Balaban J connectivity index is 0.000000175. The van der Waals surface area contributed by atoms with E-state index in [1.54, 1.807) is 67.1 Å². The Morgan fingerprint density at radius 2 is 1.06 bits per heavy atom. The number of benzene rings is 9. The number of nitrogen functional groups attached to an aromatic ring is 2. The van der Waals surface area contributed by atoms with Gasteiger partial charge in [0, 0.05) is 112 Å². The van der Waals surface area contributed by atoms with Gasteiger partial charge in [0.2, 0.25) is 0 Å². The lowest BCUT2D eigenvalue weighted by Crippen LogP contribution is -2.29. The molecule has 0 amide bonds. The molecule has 14 aromatic rings. The van der Waals surface area contributed by atoms with Gasteiger partial charge in [0.1, 0.15) is 0 Å². The molecule has 644 valence electrons. The molecule has 2 saturated heterocycles. The van der Waals surface area contributed by atoms with Crippen molar-refractivity contribution in [3.8, 4) is 29.8 Å². The van der Waals surface area contributed by atoms with Crippen molar-refractivity contribution < 1.29 is 41.0 Å². The van der Waals surface area contributed by atoms with Crippen LogP contribution >= 0.6 is 57.4 Å². The summed E-state index contributed by atoms with van der Waals surface area (Å²) in [4.78, 5) is 44.1. The van der Waals surface area contributed by atoms with Crippen LogP contribution in [0.5, 0.6) is 0 Å². The summed E-state index contributed by atoms with van der Waals surface area (Å²) in [5.41, 5.74) is 26.6. The van der Waals surface area contributed by atoms with Crippen LogP contribution in [-0.2, 0) is 34.8 Å². The van der Waals surface area contributed by atoms with Crippen molar-refractivity contribution in [2.75, 3.05) is 75.4 Å². The number of aliphatic hydroxyl groups excluding tert-OH is 1. The number of nitrogens with one attached hydrogen (secondary N) is 4. The maximum Gasteiger partial charge on any atom is 0.416 e. The second kappa shape index (κ2) is 53.1. The highest BCUT2D eigenvalue weighted by Crippen LogP contribution is 2.33. The van der Waals surface area contributed by atoms with Crippen LogP contribution in [0.3, 0.4) is 0 Å². The molecule has 0 unspecified atom stereocenters. The molecule has 0 saturated carbocycles. The summed E-state index contributed by atoms with van der Waals surface area (Å²) in [6.45, 7) is 15.1. The Bertz CT molecular complexity index is 6000. The molecule has 2 fully saturated rings. The van der Waals surface area contributed by atoms with Gasteiger partial charge in [0.25, 0.3) is 0 Å². The molecule has 5 aromatic heterocycles. The third-order valence-corrected chi connectivity index (χ3v) is 20.8. The number of fused-ring (bicyclic) bond motifs is 6. The number of halogens is 10. The van der Waals surface area contributed by atoms with Crippen molar-refractivity contribution in [1.29, 1.82) is 5.26 Å². The number of aliphatic hydroxyl groups is 1. The minimum atomic E-state index is -4.29. The smallest absolute Gasteiger partial charge is 0.398 e. The number of aromatic amines is 2. The molecule has 0 atom stereocenters. The van der Waals surface area contributed by atoms with Crippen LogP contribution in [0.25, 0.3) is 65.4 Å². The van der Waals surface area contributed by atoms with E-state index in [0.717, 1.165) is 140 Å². The molecule has 0 spiro atoms. The molecule has 0 bridgehead atoms. The first kappa shape index (κ1) is 98.3. The highest BCUT2D eigenvalue weighted by Gasteiger charge is 2.31. The number of hydrogen-bond donors (Lipinski definition) is 8. The number of aldehydes is 2. The summed E-state index contributed by atoms with van der Waals surface area (Å²) >= 11 is 19.8. The fourth-order valence-corrected chi connectivity index (χ4v) is 13.8. The number of aromatic nitrogens is 5. The molecular formula is C98H94Cl3F6IN14O3. The maximum absolute atomic E-state index is 12.3. The fraction of sp³-hybridized carbons (Fsp3) is 0.214. The van der Waals surface area contributed by atoms with Crippen LogP contribution in [-0.4, -0.2) is 111 Å². The number of likely N-dealkylation sites (tertiary alicyclic amines) is 2. The summed E-state index contributed by atoms with van der Waals surface area (Å²) in [6.07, 6.45) is 16.4. The number of pyridine rings is 3. The summed E-state index contributed by atoms with van der Waals surface area (Å²) in [5.74, 6) is 18.1. The van der Waals surface area contributed by atoms with Crippen LogP contribution in [0.1, 0.15) is 95.9 Å². The van der Waals surface area contributed by atoms with E-state index in [0.29, 0.717) is 38.7 Å². The molecule has 3 aliphatic heterocycles. The van der Waals surface area contributed by atoms with Gasteiger partial charge in [-0.25, -0.2) is 4.85 Å². The van der Waals surface area contributed by atoms with E-state index in [9.17, 15) is 26.3 Å². The van der Waals surface area contributed by atoms with E-state index in [4.69, 9.17) is 78.6 Å². The lowest BCUT2D eigenvalue weighted by Gasteiger charge is -2.23. The zero-order valence-corrected chi connectivity index (χ0v) is 72.7. The molecule has 17 nitrogen and oxygen atoms in total. The summed E-state index contributed by atoms with van der Waals surface area (Å²) in [6, 6.07) is 66.0. The van der Waals surface area contributed by atoms with E-state index in [1.807, 2.05) is 140 Å². The van der Waals surface area contributed by atoms with Gasteiger partial charge in [-0.2, -0.15) is 31.6 Å². The standard InChI is InChI=1S/C17H22N2O.C17H18N2.C10H6F3N.C9H11ClIN.C9H10ClN.C9H6ClN.C9H6F3N.C9H6N2.C7H7N3.C2H2O2/c18-17-9-8-15(14-16(17)7-5-13-20)6-4-12-19-10-2-1-3-11-19;1-2-11-19(12-3-1)13-5-6-15-8-9-17-16(14-15)7-4-10-18-17;11-10(12,13)8-3-4-9-7(6-8)2-1-5-14-9;10-8-3-4-9(11)7(6-8)2-1-5-12;2*10-8-3-4-9-7(6-8)2-1-5-11-9;10-9(11,12)7-1-2-8-6(5-7)3-4-13-8;1-10-8-2-3-9-7(6-8)4-5-11-9;8-5-6-1-3-7(10-9)4-2-6;3-1-2-4/h5,7-9,14,20H,1-3,10-13,18H2;4,7-10,14H,1-3,11-13H2;1-6H;3-4,6H,1-2,5,12H2;3-4,6,11H,1-2,5H2;1-6H;1-5,13H;2-6,11H;1-4,10H,9H2;1-2H/b7-5-;;;;;;;;;. The SMILES string of the molecule is C(#Cc1ccc2ncccc2c1)CN1CCCCC1.Clc1ccc2c(c1)CCCN2.Clc1ccc2ncccc2c1.FC(F)(F)c1ccc2[nH]ccc2c1.FC(F)(F)c1ccc2ncccc2c1.N#Cc1ccc(NN)cc1.NCCCc1cc(Cl)ccc1I.Nc1ccc(C#CCN2CCCCC2)cc1/C=C\CO.O=CC=O.[C-]#[N+]c1ccc2[nH]ccc2c1. The first-order valence-corrected chi connectivity index (χ1v) is 42.2. The van der Waals surface area contributed by atoms with Gasteiger partial charge in [-0.1, -0.05) is 108 Å². The van der Waals surface area contributed by atoms with Crippen molar-refractivity contribution in [2.24, 2.45) is 11.6 Å². The number of carbonyl (C=O) groups excluding carboxylic acids is 2. The van der Waals surface area contributed by atoms with E-state index in [2.05, 4.69) is 121 Å². The second-order valence-electron chi connectivity index (χ2n) is 28.1. The average Bonchev–Trinajstić information content (AvgIpc) is 1.75. The van der Waals surface area contributed by atoms with Gasteiger partial charge < -0.3 is 37.3 Å². The molecule has 125 heavy (non-hydrogen) atoms. The normalized spacial score (nSPS) is 12.5. The van der Waals surface area contributed by atoms with Gasteiger partial charge >= 0.3 is 12.4 Å². The van der Waals surface area contributed by atoms with Gasteiger partial charge in [-0.15, -0.1) is 0 Å². The third kappa shape index (κ3) is 34.8. The number of nitrogens with two attached hydrogens (primary N) is 3. The number of anilines is 3.